The summed E-state index contributed by atoms with van der Waals surface area (Å²) in [5, 5.41) is 5.38. The van der Waals surface area contributed by atoms with Crippen molar-refractivity contribution in [2.75, 3.05) is 0 Å². The Hall–Kier alpha value is -1.16. The molecule has 0 aromatic heterocycles. The second-order valence-electron chi connectivity index (χ2n) is 8.04. The van der Waals surface area contributed by atoms with E-state index >= 15 is 0 Å². The van der Waals surface area contributed by atoms with Gasteiger partial charge in [-0.1, -0.05) is 67.0 Å². The highest BCUT2D eigenvalue weighted by molar-refractivity contribution is 9.10. The summed E-state index contributed by atoms with van der Waals surface area (Å²) in [4.78, 5) is 0. The van der Waals surface area contributed by atoms with E-state index in [1.54, 1.807) is 0 Å². The van der Waals surface area contributed by atoms with E-state index in [0.717, 1.165) is 4.47 Å². The number of benzene rings is 3. The number of hydrogen-bond acceptors (Lipinski definition) is 1. The predicted molar refractivity (Wildman–Crippen MR) is 111 cm³/mol. The van der Waals surface area contributed by atoms with Crippen molar-refractivity contribution in [3.8, 4) is 0 Å². The van der Waals surface area contributed by atoms with Crippen LogP contribution in [0.25, 0.3) is 21.5 Å². The van der Waals surface area contributed by atoms with Crippen molar-refractivity contribution in [2.24, 2.45) is 0 Å². The maximum Gasteiger partial charge on any atom is 0.192 e. The normalized spacial score (nSPS) is 12.9. The second-order valence-corrected chi connectivity index (χ2v) is 13.8. The van der Waals surface area contributed by atoms with Gasteiger partial charge in [-0.2, -0.15) is 0 Å². The van der Waals surface area contributed by atoms with E-state index in [4.69, 9.17) is 4.43 Å². The fourth-order valence-corrected chi connectivity index (χ4v) is 3.97. The summed E-state index contributed by atoms with van der Waals surface area (Å²) in [6, 6.07) is 17.6. The topological polar surface area (TPSA) is 9.23 Å². The maximum absolute atomic E-state index is 6.37. The minimum atomic E-state index is -1.71. The molecule has 0 saturated heterocycles. The van der Waals surface area contributed by atoms with Crippen LogP contribution >= 0.6 is 15.9 Å². The van der Waals surface area contributed by atoms with Gasteiger partial charge in [0.15, 0.2) is 8.32 Å². The van der Waals surface area contributed by atoms with E-state index in [0.29, 0.717) is 6.61 Å². The number of halogens is 1. The summed E-state index contributed by atoms with van der Waals surface area (Å²) in [6.45, 7) is 12.2. The van der Waals surface area contributed by atoms with E-state index < -0.39 is 8.32 Å². The fourth-order valence-electron chi connectivity index (χ4n) is 2.65. The van der Waals surface area contributed by atoms with Crippen molar-refractivity contribution in [3.05, 3.63) is 58.6 Å². The van der Waals surface area contributed by atoms with Gasteiger partial charge in [0.25, 0.3) is 0 Å². The molecule has 0 fully saturated rings. The molecule has 3 rings (SSSR count). The lowest BCUT2D eigenvalue weighted by Gasteiger charge is -2.36. The van der Waals surface area contributed by atoms with Crippen LogP contribution in [0.15, 0.2) is 53.0 Å². The number of fused-ring (bicyclic) bond motifs is 3. The third-order valence-electron chi connectivity index (χ3n) is 5.27. The zero-order valence-electron chi connectivity index (χ0n) is 15.1. The molecule has 3 heteroatoms. The molecule has 0 bridgehead atoms. The van der Waals surface area contributed by atoms with Gasteiger partial charge >= 0.3 is 0 Å². The molecule has 126 valence electrons. The highest BCUT2D eigenvalue weighted by Crippen LogP contribution is 2.37. The van der Waals surface area contributed by atoms with Crippen LogP contribution in [0.2, 0.25) is 18.1 Å². The molecule has 0 radical (unpaired) electrons. The Labute approximate surface area is 154 Å². The van der Waals surface area contributed by atoms with Gasteiger partial charge < -0.3 is 4.43 Å². The molecular weight excluding hydrogens is 376 g/mol. The first-order valence-electron chi connectivity index (χ1n) is 8.42. The van der Waals surface area contributed by atoms with Crippen molar-refractivity contribution >= 4 is 45.8 Å². The first-order chi connectivity index (χ1) is 11.2. The van der Waals surface area contributed by atoms with Crippen molar-refractivity contribution < 1.29 is 4.43 Å². The van der Waals surface area contributed by atoms with Gasteiger partial charge in [-0.15, -0.1) is 0 Å². The molecule has 0 unspecified atom stereocenters. The lowest BCUT2D eigenvalue weighted by Crippen LogP contribution is -2.40. The summed E-state index contributed by atoms with van der Waals surface area (Å²) >= 11 is 3.58. The Balaban J connectivity index is 1.94. The van der Waals surface area contributed by atoms with Gasteiger partial charge in [0.05, 0.1) is 6.61 Å². The van der Waals surface area contributed by atoms with Gasteiger partial charge in [0.2, 0.25) is 0 Å². The minimum absolute atomic E-state index is 0.242. The molecule has 0 atom stereocenters. The fraction of sp³-hybridized carbons (Fsp3) is 0.333. The molecule has 3 aromatic rings. The lowest BCUT2D eigenvalue weighted by atomic mass is 10.0. The number of rotatable bonds is 3. The largest absolute Gasteiger partial charge is 0.413 e. The molecule has 0 N–H and O–H groups in total. The van der Waals surface area contributed by atoms with Crippen LogP contribution in [0, 0.1) is 0 Å². The van der Waals surface area contributed by atoms with Crippen LogP contribution in [0.1, 0.15) is 26.3 Å². The van der Waals surface area contributed by atoms with Gasteiger partial charge in [0, 0.05) is 4.47 Å². The number of hydrogen-bond donors (Lipinski definition) is 0. The molecule has 0 heterocycles. The van der Waals surface area contributed by atoms with Crippen molar-refractivity contribution in [3.63, 3.8) is 0 Å². The van der Waals surface area contributed by atoms with Crippen molar-refractivity contribution in [1.82, 2.24) is 0 Å². The third kappa shape index (κ3) is 3.44. The van der Waals surface area contributed by atoms with Crippen molar-refractivity contribution in [2.45, 2.75) is 45.5 Å². The molecule has 0 amide bonds. The van der Waals surface area contributed by atoms with Crippen LogP contribution in [0.3, 0.4) is 0 Å². The molecule has 24 heavy (non-hydrogen) atoms. The van der Waals surface area contributed by atoms with Gasteiger partial charge in [0.1, 0.15) is 0 Å². The van der Waals surface area contributed by atoms with Crippen LogP contribution < -0.4 is 0 Å². The SMILES string of the molecule is CC(C)(C)[Si](C)(C)OCc1ccc2c(ccc3ccc(Br)cc32)c1. The Kier molecular flexibility index (Phi) is 4.62. The van der Waals surface area contributed by atoms with Crippen LogP contribution in [0.5, 0.6) is 0 Å². The summed E-state index contributed by atoms with van der Waals surface area (Å²) in [7, 11) is -1.71. The molecule has 0 aliphatic carbocycles. The zero-order chi connectivity index (χ0) is 17.5. The molecule has 0 spiro atoms. The van der Waals surface area contributed by atoms with Crippen LogP contribution in [-0.4, -0.2) is 8.32 Å². The Morgan fingerprint density at radius 1 is 0.875 bits per heavy atom. The summed E-state index contributed by atoms with van der Waals surface area (Å²) in [6.07, 6.45) is 0. The van der Waals surface area contributed by atoms with Crippen LogP contribution in [0.4, 0.5) is 0 Å². The average molecular weight is 401 g/mol. The molecule has 0 saturated carbocycles. The van der Waals surface area contributed by atoms with E-state index in [2.05, 4.69) is 98.3 Å². The van der Waals surface area contributed by atoms with Crippen LogP contribution in [-0.2, 0) is 11.0 Å². The second kappa shape index (κ2) is 6.29. The molecule has 3 aromatic carbocycles. The van der Waals surface area contributed by atoms with E-state index in [-0.39, 0.29) is 5.04 Å². The first kappa shape index (κ1) is 17.7. The monoisotopic (exact) mass is 400 g/mol. The maximum atomic E-state index is 6.37. The predicted octanol–water partition coefficient (Wildman–Crippen LogP) is 7.28. The molecule has 1 nitrogen and oxygen atoms in total. The van der Waals surface area contributed by atoms with E-state index in [1.165, 1.54) is 27.1 Å². The quantitative estimate of drug-likeness (QED) is 0.331. The smallest absolute Gasteiger partial charge is 0.192 e. The first-order valence-corrected chi connectivity index (χ1v) is 12.1. The summed E-state index contributed by atoms with van der Waals surface area (Å²) < 4.78 is 7.49. The van der Waals surface area contributed by atoms with Crippen molar-refractivity contribution in [1.29, 1.82) is 0 Å². The van der Waals surface area contributed by atoms with Gasteiger partial charge in [-0.05, 0) is 63.4 Å². The average Bonchev–Trinajstić information content (AvgIpc) is 2.51. The van der Waals surface area contributed by atoms with E-state index in [9.17, 15) is 0 Å². The highest BCUT2D eigenvalue weighted by Gasteiger charge is 2.36. The van der Waals surface area contributed by atoms with Gasteiger partial charge in [-0.3, -0.25) is 0 Å². The Bertz CT molecular complexity index is 893. The molecule has 0 aliphatic rings. The van der Waals surface area contributed by atoms with Gasteiger partial charge in [-0.25, -0.2) is 0 Å². The lowest BCUT2D eigenvalue weighted by molar-refractivity contribution is 0.276. The zero-order valence-corrected chi connectivity index (χ0v) is 17.7. The Morgan fingerprint density at radius 3 is 2.25 bits per heavy atom. The summed E-state index contributed by atoms with van der Waals surface area (Å²) in [5.74, 6) is 0. The minimum Gasteiger partial charge on any atom is -0.413 e. The van der Waals surface area contributed by atoms with E-state index in [1.807, 2.05) is 0 Å². The Morgan fingerprint density at radius 2 is 1.54 bits per heavy atom. The summed E-state index contributed by atoms with van der Waals surface area (Å²) in [5.41, 5.74) is 1.25. The standard InChI is InChI=1S/C21H25BrOSi/c1-21(2,3)24(4,5)23-14-15-6-11-19-17(12-15)8-7-16-9-10-18(22)13-20(16)19/h6-13H,14H2,1-5H3. The molecular formula is C21H25BrOSi. The molecule has 0 aliphatic heterocycles. The third-order valence-corrected chi connectivity index (χ3v) is 10.2. The highest BCUT2D eigenvalue weighted by atomic mass is 79.9.